The van der Waals surface area contributed by atoms with Crippen molar-refractivity contribution in [3.8, 4) is 5.75 Å². The van der Waals surface area contributed by atoms with Gasteiger partial charge < -0.3 is 15.4 Å². The number of hydrogen-bond acceptors (Lipinski definition) is 6. The van der Waals surface area contributed by atoms with Crippen molar-refractivity contribution in [3.63, 3.8) is 0 Å². The lowest BCUT2D eigenvalue weighted by atomic mass is 10.2. The Kier molecular flexibility index (Phi) is 6.94. The number of anilines is 1. The molecule has 8 nitrogen and oxygen atoms in total. The third kappa shape index (κ3) is 5.65. The van der Waals surface area contributed by atoms with Gasteiger partial charge >= 0.3 is 0 Å². The van der Waals surface area contributed by atoms with Crippen LogP contribution in [0, 0.1) is 10.1 Å². The van der Waals surface area contributed by atoms with Crippen molar-refractivity contribution in [2.75, 3.05) is 25.0 Å². The second-order valence-electron chi connectivity index (χ2n) is 6.33. The number of nitro groups is 1. The van der Waals surface area contributed by atoms with Gasteiger partial charge in [-0.3, -0.25) is 19.9 Å². The van der Waals surface area contributed by atoms with E-state index in [0.29, 0.717) is 31.8 Å². The van der Waals surface area contributed by atoms with Crippen LogP contribution < -0.4 is 15.4 Å². The number of carbonyl (C=O) groups is 1. The smallest absolute Gasteiger partial charge is 0.292 e. The maximum atomic E-state index is 11.9. The van der Waals surface area contributed by atoms with Gasteiger partial charge in [-0.2, -0.15) is 0 Å². The molecule has 0 radical (unpaired) electrons. The minimum atomic E-state index is -0.451. The van der Waals surface area contributed by atoms with Crippen molar-refractivity contribution >= 4 is 28.2 Å². The van der Waals surface area contributed by atoms with E-state index < -0.39 is 4.92 Å². The first kappa shape index (κ1) is 20.1. The van der Waals surface area contributed by atoms with Gasteiger partial charge in [0.2, 0.25) is 5.91 Å². The van der Waals surface area contributed by atoms with Crippen LogP contribution in [0.25, 0.3) is 10.9 Å². The number of nitrogens with one attached hydrogen (secondary N) is 2. The Labute approximate surface area is 168 Å². The number of fused-ring (bicyclic) bond motifs is 1. The largest absolute Gasteiger partial charge is 0.491 e. The van der Waals surface area contributed by atoms with Gasteiger partial charge in [0.1, 0.15) is 17.0 Å². The fourth-order valence-electron chi connectivity index (χ4n) is 2.86. The molecule has 0 saturated heterocycles. The van der Waals surface area contributed by atoms with Gasteiger partial charge in [0.05, 0.1) is 11.5 Å². The highest BCUT2D eigenvalue weighted by molar-refractivity contribution is 5.84. The van der Waals surface area contributed by atoms with Crippen LogP contribution in [-0.4, -0.2) is 35.5 Å². The number of pyridine rings is 1. The Bertz CT molecular complexity index is 988. The molecule has 1 heterocycles. The van der Waals surface area contributed by atoms with Crippen LogP contribution in [0.2, 0.25) is 0 Å². The molecule has 1 aromatic heterocycles. The molecule has 150 valence electrons. The van der Waals surface area contributed by atoms with Gasteiger partial charge in [-0.05, 0) is 24.6 Å². The number of rotatable bonds is 10. The van der Waals surface area contributed by atoms with Crippen molar-refractivity contribution in [3.05, 3.63) is 70.9 Å². The summed E-state index contributed by atoms with van der Waals surface area (Å²) in [5.74, 6) is 0.603. The normalized spacial score (nSPS) is 10.5. The van der Waals surface area contributed by atoms with E-state index in [1.807, 2.05) is 30.3 Å². The van der Waals surface area contributed by atoms with Gasteiger partial charge in [0.15, 0.2) is 0 Å². The quantitative estimate of drug-likeness (QED) is 0.309. The first-order valence-corrected chi connectivity index (χ1v) is 9.35. The molecule has 29 heavy (non-hydrogen) atoms. The maximum Gasteiger partial charge on any atom is 0.292 e. The fraction of sp³-hybridized carbons (Fsp3) is 0.238. The van der Waals surface area contributed by atoms with Crippen molar-refractivity contribution in [2.45, 2.75) is 12.8 Å². The first-order valence-electron chi connectivity index (χ1n) is 9.35. The van der Waals surface area contributed by atoms with Crippen LogP contribution in [0.1, 0.15) is 12.8 Å². The lowest BCUT2D eigenvalue weighted by Gasteiger charge is -2.10. The SMILES string of the molecule is O=C(CCNc1ccccc1[N+](=O)[O-])NCCCOc1cccc2cccnc12. The Morgan fingerprint density at radius 1 is 1.07 bits per heavy atom. The zero-order chi connectivity index (χ0) is 20.5. The first-order chi connectivity index (χ1) is 14.1. The molecule has 0 spiro atoms. The van der Waals surface area contributed by atoms with E-state index in [4.69, 9.17) is 4.74 Å². The molecule has 2 aromatic carbocycles. The molecule has 0 aliphatic carbocycles. The van der Waals surface area contributed by atoms with E-state index in [1.165, 1.54) is 6.07 Å². The summed E-state index contributed by atoms with van der Waals surface area (Å²) < 4.78 is 5.79. The van der Waals surface area contributed by atoms with Gasteiger partial charge in [-0.15, -0.1) is 0 Å². The molecule has 0 fully saturated rings. The summed E-state index contributed by atoms with van der Waals surface area (Å²) in [6.07, 6.45) is 2.61. The predicted octanol–water partition coefficient (Wildman–Crippen LogP) is 3.53. The van der Waals surface area contributed by atoms with E-state index >= 15 is 0 Å². The molecule has 8 heteroatoms. The number of benzene rings is 2. The molecule has 0 bridgehead atoms. The second-order valence-corrected chi connectivity index (χ2v) is 6.33. The summed E-state index contributed by atoms with van der Waals surface area (Å²) in [5.41, 5.74) is 1.22. The zero-order valence-corrected chi connectivity index (χ0v) is 15.8. The molecule has 0 aliphatic heterocycles. The summed E-state index contributed by atoms with van der Waals surface area (Å²) in [7, 11) is 0. The summed E-state index contributed by atoms with van der Waals surface area (Å²) in [5, 5.41) is 17.7. The third-order valence-corrected chi connectivity index (χ3v) is 4.26. The second kappa shape index (κ2) is 10.0. The highest BCUT2D eigenvalue weighted by atomic mass is 16.6. The standard InChI is InChI=1S/C21H22N4O4/c26-20(11-14-22-17-8-1-2-9-18(17)25(27)28)23-13-5-15-29-19-10-3-6-16-7-4-12-24-21(16)19/h1-4,6-10,12,22H,5,11,13-15H2,(H,23,26). The van der Waals surface area contributed by atoms with Crippen LogP contribution in [0.15, 0.2) is 60.8 Å². The number of hydrogen-bond donors (Lipinski definition) is 2. The van der Waals surface area contributed by atoms with Crippen molar-refractivity contribution in [1.82, 2.24) is 10.3 Å². The minimum Gasteiger partial charge on any atom is -0.491 e. The van der Waals surface area contributed by atoms with Gasteiger partial charge in [0.25, 0.3) is 5.69 Å². The average Bonchev–Trinajstić information content (AvgIpc) is 2.74. The highest BCUT2D eigenvalue weighted by Crippen LogP contribution is 2.23. The van der Waals surface area contributed by atoms with Crippen molar-refractivity contribution in [2.24, 2.45) is 0 Å². The number of nitrogens with zero attached hydrogens (tertiary/aromatic N) is 2. The van der Waals surface area contributed by atoms with Crippen LogP contribution in [0.3, 0.4) is 0 Å². The monoisotopic (exact) mass is 394 g/mol. The van der Waals surface area contributed by atoms with E-state index in [1.54, 1.807) is 24.4 Å². The van der Waals surface area contributed by atoms with E-state index in [-0.39, 0.29) is 18.0 Å². The van der Waals surface area contributed by atoms with Gasteiger partial charge in [-0.25, -0.2) is 0 Å². The van der Waals surface area contributed by atoms with Crippen LogP contribution >= 0.6 is 0 Å². The maximum absolute atomic E-state index is 11.9. The van der Waals surface area contributed by atoms with Gasteiger partial charge in [0, 0.05) is 37.2 Å². The molecule has 0 unspecified atom stereocenters. The zero-order valence-electron chi connectivity index (χ0n) is 15.8. The summed E-state index contributed by atoms with van der Waals surface area (Å²) in [6.45, 7) is 1.27. The Morgan fingerprint density at radius 3 is 2.76 bits per heavy atom. The summed E-state index contributed by atoms with van der Waals surface area (Å²) >= 11 is 0. The lowest BCUT2D eigenvalue weighted by molar-refractivity contribution is -0.384. The molecule has 3 aromatic rings. The minimum absolute atomic E-state index is 0.00650. The third-order valence-electron chi connectivity index (χ3n) is 4.26. The molecule has 0 atom stereocenters. The van der Waals surface area contributed by atoms with E-state index in [9.17, 15) is 14.9 Å². The molecule has 1 amide bonds. The molecular weight excluding hydrogens is 372 g/mol. The number of para-hydroxylation sites is 3. The van der Waals surface area contributed by atoms with E-state index in [2.05, 4.69) is 15.6 Å². The number of carbonyl (C=O) groups excluding carboxylic acids is 1. The molecule has 2 N–H and O–H groups in total. The number of ether oxygens (including phenoxy) is 1. The van der Waals surface area contributed by atoms with Gasteiger partial charge in [-0.1, -0.05) is 30.3 Å². The summed E-state index contributed by atoms with van der Waals surface area (Å²) in [6, 6.07) is 16.0. The molecule has 0 aliphatic rings. The van der Waals surface area contributed by atoms with Crippen LogP contribution in [0.4, 0.5) is 11.4 Å². The van der Waals surface area contributed by atoms with Crippen LogP contribution in [-0.2, 0) is 4.79 Å². The molecule has 3 rings (SSSR count). The number of amides is 1. The Balaban J connectivity index is 1.35. The number of nitro benzene ring substituents is 1. The Hall–Kier alpha value is -3.68. The van der Waals surface area contributed by atoms with Crippen molar-refractivity contribution < 1.29 is 14.5 Å². The van der Waals surface area contributed by atoms with Crippen molar-refractivity contribution in [1.29, 1.82) is 0 Å². The lowest BCUT2D eigenvalue weighted by Crippen LogP contribution is -2.27. The average molecular weight is 394 g/mol. The molecular formula is C21H22N4O4. The predicted molar refractivity (Wildman–Crippen MR) is 111 cm³/mol. The summed E-state index contributed by atoms with van der Waals surface area (Å²) in [4.78, 5) is 26.8. The van der Waals surface area contributed by atoms with E-state index in [0.717, 1.165) is 16.7 Å². The fourth-order valence-corrected chi connectivity index (χ4v) is 2.86. The highest BCUT2D eigenvalue weighted by Gasteiger charge is 2.12. The van der Waals surface area contributed by atoms with Crippen LogP contribution in [0.5, 0.6) is 5.75 Å². The Morgan fingerprint density at radius 2 is 1.90 bits per heavy atom. The topological polar surface area (TPSA) is 106 Å². The number of aromatic nitrogens is 1. The molecule has 0 saturated carbocycles.